The lowest BCUT2D eigenvalue weighted by molar-refractivity contribution is -0.133. The summed E-state index contributed by atoms with van der Waals surface area (Å²) in [6.45, 7) is 4.31. The molecule has 1 aromatic carbocycles. The summed E-state index contributed by atoms with van der Waals surface area (Å²) in [5.74, 6) is 1.84. The van der Waals surface area contributed by atoms with Crippen molar-refractivity contribution in [3.63, 3.8) is 0 Å². The van der Waals surface area contributed by atoms with Crippen molar-refractivity contribution in [2.75, 3.05) is 6.61 Å². The SMILES string of the molecule is CCC1C(=O)NC2CC(NC(=O)COc3ccccc3)CCC2C1C. The lowest BCUT2D eigenvalue weighted by atomic mass is 9.67. The van der Waals surface area contributed by atoms with Gasteiger partial charge in [-0.3, -0.25) is 9.59 Å². The van der Waals surface area contributed by atoms with E-state index in [-0.39, 0.29) is 36.4 Å². The minimum absolute atomic E-state index is 0.0231. The van der Waals surface area contributed by atoms with Crippen molar-refractivity contribution in [3.8, 4) is 5.75 Å². The Hall–Kier alpha value is -2.04. The van der Waals surface area contributed by atoms with Crippen LogP contribution in [-0.2, 0) is 9.59 Å². The molecule has 5 atom stereocenters. The first-order valence-electron chi connectivity index (χ1n) is 9.36. The Morgan fingerprint density at radius 3 is 2.76 bits per heavy atom. The first-order valence-corrected chi connectivity index (χ1v) is 9.36. The number of para-hydroxylation sites is 1. The van der Waals surface area contributed by atoms with E-state index in [4.69, 9.17) is 4.74 Å². The van der Waals surface area contributed by atoms with Gasteiger partial charge < -0.3 is 15.4 Å². The van der Waals surface area contributed by atoms with Crippen LogP contribution in [0, 0.1) is 17.8 Å². The Balaban J connectivity index is 1.49. The summed E-state index contributed by atoms with van der Waals surface area (Å²) < 4.78 is 5.50. The van der Waals surface area contributed by atoms with Gasteiger partial charge in [0, 0.05) is 18.0 Å². The fraction of sp³-hybridized carbons (Fsp3) is 0.600. The monoisotopic (exact) mass is 344 g/mol. The lowest BCUT2D eigenvalue weighted by Gasteiger charge is -2.46. The predicted octanol–water partition coefficient (Wildman–Crippen LogP) is 2.51. The van der Waals surface area contributed by atoms with Gasteiger partial charge >= 0.3 is 0 Å². The van der Waals surface area contributed by atoms with Crippen LogP contribution >= 0.6 is 0 Å². The van der Waals surface area contributed by atoms with Gasteiger partial charge in [0.15, 0.2) is 6.61 Å². The molecule has 2 fully saturated rings. The third kappa shape index (κ3) is 4.14. The number of fused-ring (bicyclic) bond motifs is 1. The van der Waals surface area contributed by atoms with E-state index < -0.39 is 0 Å². The molecule has 1 saturated heterocycles. The highest BCUT2D eigenvalue weighted by Gasteiger charge is 2.43. The van der Waals surface area contributed by atoms with Crippen molar-refractivity contribution < 1.29 is 14.3 Å². The van der Waals surface area contributed by atoms with Crippen LogP contribution in [-0.4, -0.2) is 30.5 Å². The molecule has 5 nitrogen and oxygen atoms in total. The highest BCUT2D eigenvalue weighted by Crippen LogP contribution is 2.38. The Morgan fingerprint density at radius 2 is 2.04 bits per heavy atom. The van der Waals surface area contributed by atoms with E-state index >= 15 is 0 Å². The largest absolute Gasteiger partial charge is 0.484 e. The number of rotatable bonds is 5. The van der Waals surface area contributed by atoms with Gasteiger partial charge in [0.25, 0.3) is 5.91 Å². The third-order valence-electron chi connectivity index (χ3n) is 5.80. The molecule has 2 amide bonds. The summed E-state index contributed by atoms with van der Waals surface area (Å²) in [6, 6.07) is 9.63. The van der Waals surface area contributed by atoms with E-state index in [1.165, 1.54) is 0 Å². The van der Waals surface area contributed by atoms with Crippen molar-refractivity contribution >= 4 is 11.8 Å². The fourth-order valence-corrected chi connectivity index (χ4v) is 4.44. The third-order valence-corrected chi connectivity index (χ3v) is 5.80. The molecule has 1 heterocycles. The Bertz CT molecular complexity index is 604. The fourth-order valence-electron chi connectivity index (χ4n) is 4.44. The van der Waals surface area contributed by atoms with Gasteiger partial charge in [0.05, 0.1) is 0 Å². The van der Waals surface area contributed by atoms with Gasteiger partial charge in [-0.05, 0) is 49.7 Å². The van der Waals surface area contributed by atoms with Crippen LogP contribution in [0.4, 0.5) is 0 Å². The summed E-state index contributed by atoms with van der Waals surface area (Å²) in [6.07, 6.45) is 3.73. The molecular formula is C20H28N2O3. The summed E-state index contributed by atoms with van der Waals surface area (Å²) in [5, 5.41) is 6.25. The van der Waals surface area contributed by atoms with Crippen LogP contribution in [0.15, 0.2) is 30.3 Å². The highest BCUT2D eigenvalue weighted by molar-refractivity contribution is 5.80. The standard InChI is InChI=1S/C20H28N2O3/c1-3-16-13(2)17-10-9-14(11-18(17)22-20(16)24)21-19(23)12-25-15-7-5-4-6-8-15/h4-8,13-14,16-18H,3,9-12H2,1-2H3,(H,21,23)(H,22,24). The lowest BCUT2D eigenvalue weighted by Crippen LogP contribution is -2.58. The first-order chi connectivity index (χ1) is 12.1. The molecule has 1 aliphatic carbocycles. The molecule has 0 bridgehead atoms. The molecule has 1 saturated carbocycles. The second kappa shape index (κ2) is 7.89. The van der Waals surface area contributed by atoms with Crippen LogP contribution in [0.25, 0.3) is 0 Å². The van der Waals surface area contributed by atoms with Gasteiger partial charge in [-0.1, -0.05) is 32.0 Å². The molecule has 0 radical (unpaired) electrons. The molecule has 25 heavy (non-hydrogen) atoms. The van der Waals surface area contributed by atoms with Gasteiger partial charge in [-0.2, -0.15) is 0 Å². The Morgan fingerprint density at radius 1 is 1.28 bits per heavy atom. The molecular weight excluding hydrogens is 316 g/mol. The van der Waals surface area contributed by atoms with Crippen molar-refractivity contribution in [1.29, 1.82) is 0 Å². The predicted molar refractivity (Wildman–Crippen MR) is 96.1 cm³/mol. The molecule has 1 aliphatic heterocycles. The minimum Gasteiger partial charge on any atom is -0.484 e. The number of hydrogen-bond acceptors (Lipinski definition) is 3. The molecule has 136 valence electrons. The molecule has 5 unspecified atom stereocenters. The van der Waals surface area contributed by atoms with Crippen molar-refractivity contribution in [3.05, 3.63) is 30.3 Å². The Kier molecular flexibility index (Phi) is 5.61. The maximum absolute atomic E-state index is 12.3. The van der Waals surface area contributed by atoms with E-state index in [9.17, 15) is 9.59 Å². The van der Waals surface area contributed by atoms with Gasteiger partial charge in [-0.15, -0.1) is 0 Å². The molecule has 2 N–H and O–H groups in total. The number of carbonyl (C=O) groups is 2. The summed E-state index contributed by atoms with van der Waals surface area (Å²) in [4.78, 5) is 24.4. The average Bonchev–Trinajstić information content (AvgIpc) is 2.61. The zero-order valence-electron chi connectivity index (χ0n) is 15.0. The average molecular weight is 344 g/mol. The first kappa shape index (κ1) is 17.8. The maximum Gasteiger partial charge on any atom is 0.258 e. The number of ether oxygens (including phenoxy) is 1. The highest BCUT2D eigenvalue weighted by atomic mass is 16.5. The van der Waals surface area contributed by atoms with E-state index in [2.05, 4.69) is 24.5 Å². The van der Waals surface area contributed by atoms with Crippen LogP contribution in [0.1, 0.15) is 39.5 Å². The van der Waals surface area contributed by atoms with Crippen molar-refractivity contribution in [2.24, 2.45) is 17.8 Å². The van der Waals surface area contributed by atoms with E-state index in [0.717, 1.165) is 25.7 Å². The van der Waals surface area contributed by atoms with Gasteiger partial charge in [-0.25, -0.2) is 0 Å². The van der Waals surface area contributed by atoms with Gasteiger partial charge in [0.1, 0.15) is 5.75 Å². The molecule has 1 aromatic rings. The molecule has 2 aliphatic rings. The van der Waals surface area contributed by atoms with Crippen LogP contribution in [0.5, 0.6) is 5.75 Å². The van der Waals surface area contributed by atoms with Crippen LogP contribution < -0.4 is 15.4 Å². The molecule has 3 rings (SSSR count). The molecule has 0 aromatic heterocycles. The zero-order valence-corrected chi connectivity index (χ0v) is 15.0. The van der Waals surface area contributed by atoms with Gasteiger partial charge in [0.2, 0.25) is 5.91 Å². The second-order valence-electron chi connectivity index (χ2n) is 7.33. The number of carbonyl (C=O) groups excluding carboxylic acids is 2. The number of piperidine rings is 1. The maximum atomic E-state index is 12.3. The number of nitrogens with one attached hydrogen (secondary N) is 2. The second-order valence-corrected chi connectivity index (χ2v) is 7.33. The number of benzene rings is 1. The van der Waals surface area contributed by atoms with Crippen molar-refractivity contribution in [2.45, 2.75) is 51.6 Å². The molecule has 0 spiro atoms. The zero-order chi connectivity index (χ0) is 17.8. The molecule has 5 heteroatoms. The summed E-state index contributed by atoms with van der Waals surface area (Å²) in [7, 11) is 0. The van der Waals surface area contributed by atoms with Crippen LogP contribution in [0.2, 0.25) is 0 Å². The minimum atomic E-state index is -0.103. The number of hydrogen-bond donors (Lipinski definition) is 2. The van der Waals surface area contributed by atoms with E-state index in [0.29, 0.717) is 17.6 Å². The number of amides is 2. The van der Waals surface area contributed by atoms with Crippen molar-refractivity contribution in [1.82, 2.24) is 10.6 Å². The van der Waals surface area contributed by atoms with E-state index in [1.807, 2.05) is 30.3 Å². The smallest absolute Gasteiger partial charge is 0.258 e. The summed E-state index contributed by atoms with van der Waals surface area (Å²) >= 11 is 0. The topological polar surface area (TPSA) is 67.4 Å². The quantitative estimate of drug-likeness (QED) is 0.862. The van der Waals surface area contributed by atoms with E-state index in [1.54, 1.807) is 0 Å². The Labute approximate surface area is 149 Å². The normalized spacial score (nSPS) is 31.6. The van der Waals surface area contributed by atoms with Crippen LogP contribution in [0.3, 0.4) is 0 Å². The summed E-state index contributed by atoms with van der Waals surface area (Å²) in [5.41, 5.74) is 0.